The minimum atomic E-state index is -1.94. The largest absolute Gasteiger partial charge is 0.394 e. The van der Waals surface area contributed by atoms with Gasteiger partial charge >= 0.3 is 0 Å². The zero-order valence-corrected chi connectivity index (χ0v) is 69.6. The zero-order valence-electron chi connectivity index (χ0n) is 69.6. The number of fused-ring (bicyclic) bond motifs is 1. The average molecular weight is 1610 g/mol. The maximum Gasteiger partial charge on any atom is 0.246 e. The van der Waals surface area contributed by atoms with Gasteiger partial charge in [-0.15, -0.1) is 0 Å². The molecular formula is C76H125N19O19. The van der Waals surface area contributed by atoms with Crippen molar-refractivity contribution in [2.24, 2.45) is 35.0 Å². The topological polar surface area (TPSA) is 602 Å². The Kier molecular flexibility index (Phi) is 37.3. The summed E-state index contributed by atoms with van der Waals surface area (Å²) in [6.07, 6.45) is -0.183. The Balaban J connectivity index is 2.24. The van der Waals surface area contributed by atoms with E-state index in [1.165, 1.54) is 104 Å². The van der Waals surface area contributed by atoms with Crippen LogP contribution in [-0.2, 0) is 92.7 Å². The smallest absolute Gasteiger partial charge is 0.246 e. The molecular weight excluding hydrogens is 1480 g/mol. The van der Waals surface area contributed by atoms with Gasteiger partial charge in [-0.3, -0.25) is 86.3 Å². The number of aromatic amines is 1. The molecule has 0 radical (unpaired) electrons. The van der Waals surface area contributed by atoms with Crippen molar-refractivity contribution in [3.8, 4) is 0 Å². The van der Waals surface area contributed by atoms with Crippen LogP contribution in [0.5, 0.6) is 0 Å². The summed E-state index contributed by atoms with van der Waals surface area (Å²) in [7, 11) is 0. The lowest BCUT2D eigenvalue weighted by Gasteiger charge is -2.36. The molecule has 2 rings (SSSR count). The van der Waals surface area contributed by atoms with E-state index in [0.717, 1.165) is 16.5 Å². The third-order valence-electron chi connectivity index (χ3n) is 18.2. The van der Waals surface area contributed by atoms with E-state index in [9.17, 15) is 91.4 Å². The molecule has 0 saturated heterocycles. The summed E-state index contributed by atoms with van der Waals surface area (Å²) < 4.78 is 0. The van der Waals surface area contributed by atoms with Crippen LogP contribution in [0.2, 0.25) is 0 Å². The molecule has 0 fully saturated rings. The van der Waals surface area contributed by atoms with Gasteiger partial charge in [0.25, 0.3) is 0 Å². The van der Waals surface area contributed by atoms with E-state index >= 15 is 0 Å². The summed E-state index contributed by atoms with van der Waals surface area (Å²) in [5.74, 6) is -16.0. The van der Waals surface area contributed by atoms with Gasteiger partial charge in [-0.25, -0.2) is 0 Å². The van der Waals surface area contributed by atoms with Crippen LogP contribution in [0.15, 0.2) is 30.5 Å². The number of aliphatic hydroxyl groups excluding tert-OH is 1. The van der Waals surface area contributed by atoms with Gasteiger partial charge in [0, 0.05) is 49.7 Å². The van der Waals surface area contributed by atoms with Crippen LogP contribution < -0.4 is 97.0 Å². The van der Waals surface area contributed by atoms with Crippen molar-refractivity contribution in [3.63, 3.8) is 0 Å². The first-order chi connectivity index (χ1) is 52.3. The summed E-state index contributed by atoms with van der Waals surface area (Å²) in [6, 6.07) is -4.26. The number of amides is 18. The Morgan fingerprint density at radius 2 is 0.684 bits per heavy atom. The first-order valence-corrected chi connectivity index (χ1v) is 37.9. The molecule has 18 amide bonds. The van der Waals surface area contributed by atoms with E-state index in [-0.39, 0.29) is 49.9 Å². The summed E-state index contributed by atoms with van der Waals surface area (Å²) in [6.45, 7) is 29.6. The third kappa shape index (κ3) is 32.7. The number of carbonyl (C=O) groups is 18. The number of nitrogens with one attached hydrogen (secondary N) is 16. The molecule has 0 aliphatic rings. The molecule has 0 unspecified atom stereocenters. The van der Waals surface area contributed by atoms with E-state index < -0.39 is 226 Å². The molecule has 114 heavy (non-hydrogen) atoms. The van der Waals surface area contributed by atoms with Crippen molar-refractivity contribution >= 4 is 117 Å². The number of H-pyrrole nitrogens is 1. The number of aliphatic hydroxyl groups is 1. The SMILES string of the molecule is CC(=O)N[C@@H](Cc1c[nH]c2ccccc12)C(=O)N[C@@H](C)C(=O)NC(C)(C)C(=O)N[C@@H](C)C(=O)N[C@@H](CC(C)C)C(=O)NC(C)(C)C(=O)N[C@@H](CCC(N)=O)C(=O)NC(C)(C)C(=O)NC(C)(C)C(=O)NC(C)(C)C(=O)N[C@@H](CCC(N)=O)C(=O)N[C@@H](CC(C)C)C(=O)NC(C)(C)C(=O)N[C@@H](CCC(N)=O)C(=O)N[C@H](CO)CC(C)C. The Labute approximate surface area is 665 Å². The number of nitrogens with two attached hydrogens (primary N) is 3. The van der Waals surface area contributed by atoms with Crippen molar-refractivity contribution in [1.29, 1.82) is 0 Å². The number of benzene rings is 1. The second-order valence-corrected chi connectivity index (χ2v) is 33.3. The molecule has 38 heteroatoms. The normalized spacial score (nSPS) is 14.4. The van der Waals surface area contributed by atoms with Gasteiger partial charge in [0.2, 0.25) is 106 Å². The monoisotopic (exact) mass is 1610 g/mol. The molecule has 23 N–H and O–H groups in total. The predicted molar refractivity (Wildman–Crippen MR) is 420 cm³/mol. The van der Waals surface area contributed by atoms with Crippen LogP contribution >= 0.6 is 0 Å². The van der Waals surface area contributed by atoms with E-state index in [1.54, 1.807) is 33.9 Å². The van der Waals surface area contributed by atoms with E-state index in [2.05, 4.69) is 84.7 Å². The number of para-hydroxylation sites is 1. The fourth-order valence-electron chi connectivity index (χ4n) is 11.3. The molecule has 1 heterocycles. The first-order valence-electron chi connectivity index (χ1n) is 37.9. The number of aromatic nitrogens is 1. The van der Waals surface area contributed by atoms with Crippen LogP contribution in [0.4, 0.5) is 0 Å². The Morgan fingerprint density at radius 1 is 0.360 bits per heavy atom. The lowest BCUT2D eigenvalue weighted by molar-refractivity contribution is -0.141. The van der Waals surface area contributed by atoms with Gasteiger partial charge in [0.15, 0.2) is 0 Å². The van der Waals surface area contributed by atoms with Gasteiger partial charge in [-0.1, -0.05) is 59.7 Å². The average Bonchev–Trinajstić information content (AvgIpc) is 1.00. The van der Waals surface area contributed by atoms with Gasteiger partial charge in [0.05, 0.1) is 12.6 Å². The van der Waals surface area contributed by atoms with Crippen LogP contribution in [0.1, 0.15) is 209 Å². The number of hydrogen-bond donors (Lipinski definition) is 20. The second-order valence-electron chi connectivity index (χ2n) is 33.3. The summed E-state index contributed by atoms with van der Waals surface area (Å²) in [5.41, 5.74) is 6.64. The van der Waals surface area contributed by atoms with Crippen molar-refractivity contribution in [3.05, 3.63) is 36.0 Å². The van der Waals surface area contributed by atoms with Crippen molar-refractivity contribution in [2.45, 2.75) is 297 Å². The number of primary amides is 3. The Hall–Kier alpha value is -10.8. The number of hydrogen-bond acceptors (Lipinski definition) is 19. The van der Waals surface area contributed by atoms with Crippen molar-refractivity contribution in [2.75, 3.05) is 6.61 Å². The van der Waals surface area contributed by atoms with E-state index in [1.807, 2.05) is 38.1 Å². The fourth-order valence-corrected chi connectivity index (χ4v) is 11.3. The molecule has 1 aromatic heterocycles. The molecule has 38 nitrogen and oxygen atoms in total. The molecule has 638 valence electrons. The summed E-state index contributed by atoms with van der Waals surface area (Å²) in [4.78, 5) is 246. The maximum atomic E-state index is 14.2. The number of carbonyl (C=O) groups excluding carboxylic acids is 18. The van der Waals surface area contributed by atoms with Crippen molar-refractivity contribution < 1.29 is 91.4 Å². The highest BCUT2D eigenvalue weighted by atomic mass is 16.3. The molecule has 0 spiro atoms. The zero-order chi connectivity index (χ0) is 87.7. The lowest BCUT2D eigenvalue weighted by Crippen LogP contribution is -2.67. The quantitative estimate of drug-likeness (QED) is 0.0324. The highest BCUT2D eigenvalue weighted by Crippen LogP contribution is 2.21. The standard InChI is InChI=1S/C76H125N19O19/c1-38(2)32-45(37-96)84-59(103)48(26-29-54(77)98)87-66(110)72(12,13)93-64(108)52(34-40(5)6)86-60(104)49(27-30-55(78)99)88-68(112)74(16,17)94-70(114)76(20,21)95-69(113)75(18,19)91-62(106)50(28-31-56(79)100)89-67(111)73(14,15)92-63(107)51(33-39(3)4)85-57(101)41(7)82-65(109)71(10,11)90-58(102)42(8)81-61(105)53(83-43(9)97)35-44-36-80-47-25-23-22-24-46(44)47/h22-25,36,38-42,45,48-53,80,96H,26-35,37H2,1-21H3,(H2,77,98)(H2,78,99)(H2,79,100)(H,81,105)(H,82,109)(H,83,97)(H,84,103)(H,85,101)(H,86,104)(H,87,110)(H,88,112)(H,89,111)(H,90,102)(H,91,106)(H,92,107)(H,93,108)(H,94,114)(H,95,113)/t41-,42-,45-,48-,49-,50-,51-,52-,53-/m0/s1. The fraction of sp³-hybridized carbons (Fsp3) is 0.658. The third-order valence-corrected chi connectivity index (χ3v) is 18.2. The highest BCUT2D eigenvalue weighted by molar-refractivity contribution is 6.03. The highest BCUT2D eigenvalue weighted by Gasteiger charge is 2.45. The van der Waals surface area contributed by atoms with Crippen LogP contribution in [-0.4, -0.2) is 211 Å². The second kappa shape index (κ2) is 42.9. The van der Waals surface area contributed by atoms with Gasteiger partial charge in [0.1, 0.15) is 81.6 Å². The molecule has 9 atom stereocenters. The van der Waals surface area contributed by atoms with Crippen LogP contribution in [0, 0.1) is 17.8 Å². The minimum Gasteiger partial charge on any atom is -0.394 e. The van der Waals surface area contributed by atoms with Gasteiger partial charge in [-0.2, -0.15) is 0 Å². The molecule has 0 aliphatic carbocycles. The summed E-state index contributed by atoms with van der Waals surface area (Å²) in [5, 5.41) is 49.0. The minimum absolute atomic E-state index is 0.000115. The predicted octanol–water partition coefficient (Wildman–Crippen LogP) is -2.57. The molecule has 2 aromatic rings. The number of rotatable bonds is 47. The van der Waals surface area contributed by atoms with E-state index in [0.29, 0.717) is 6.42 Å². The lowest BCUT2D eigenvalue weighted by atomic mass is 9.95. The Bertz CT molecular complexity index is 3840. The maximum absolute atomic E-state index is 14.2. The van der Waals surface area contributed by atoms with Crippen LogP contribution in [0.25, 0.3) is 10.9 Å². The van der Waals surface area contributed by atoms with Crippen molar-refractivity contribution in [1.82, 2.24) is 84.7 Å². The summed E-state index contributed by atoms with van der Waals surface area (Å²) >= 11 is 0. The molecule has 1 aromatic carbocycles. The molecule has 0 bridgehead atoms. The molecule has 0 saturated carbocycles. The first kappa shape index (κ1) is 99.3. The Morgan fingerprint density at radius 3 is 1.08 bits per heavy atom. The van der Waals surface area contributed by atoms with E-state index in [4.69, 9.17) is 17.2 Å². The van der Waals surface area contributed by atoms with Crippen LogP contribution in [0.3, 0.4) is 0 Å². The van der Waals surface area contributed by atoms with Gasteiger partial charge < -0.3 is 107 Å². The van der Waals surface area contributed by atoms with Gasteiger partial charge in [-0.05, 0) is 165 Å². The molecule has 0 aliphatic heterocycles.